The Labute approximate surface area is 204 Å². The number of ether oxygens (including phenoxy) is 2. The largest absolute Gasteiger partial charge is 0.496 e. The SMILES string of the molecule is COc1ccccc1-c1sc2ccccc2c1C(=O)c1ccc(OCCN2CCCCC2)cc1. The van der Waals surface area contributed by atoms with E-state index in [1.807, 2.05) is 66.7 Å². The van der Waals surface area contributed by atoms with Gasteiger partial charge < -0.3 is 9.47 Å². The van der Waals surface area contributed by atoms with Crippen LogP contribution in [0.3, 0.4) is 0 Å². The summed E-state index contributed by atoms with van der Waals surface area (Å²) in [6.45, 7) is 3.95. The molecule has 4 nitrogen and oxygen atoms in total. The van der Waals surface area contributed by atoms with Gasteiger partial charge in [0.1, 0.15) is 18.1 Å². The van der Waals surface area contributed by atoms with E-state index in [0.717, 1.165) is 44.1 Å². The fraction of sp³-hybridized carbons (Fsp3) is 0.276. The van der Waals surface area contributed by atoms with Gasteiger partial charge in [-0.15, -0.1) is 11.3 Å². The third-order valence-corrected chi connectivity index (χ3v) is 7.62. The molecule has 0 amide bonds. The zero-order chi connectivity index (χ0) is 23.3. The highest BCUT2D eigenvalue weighted by Crippen LogP contribution is 2.43. The van der Waals surface area contributed by atoms with Crippen LogP contribution in [0.2, 0.25) is 0 Å². The van der Waals surface area contributed by atoms with Crippen LogP contribution in [0, 0.1) is 0 Å². The fourth-order valence-corrected chi connectivity index (χ4v) is 5.85. The molecule has 2 heterocycles. The molecule has 1 aliphatic heterocycles. The topological polar surface area (TPSA) is 38.8 Å². The predicted molar refractivity (Wildman–Crippen MR) is 139 cm³/mol. The molecule has 5 rings (SSSR count). The van der Waals surface area contributed by atoms with Crippen molar-refractivity contribution in [3.63, 3.8) is 0 Å². The van der Waals surface area contributed by atoms with E-state index in [1.54, 1.807) is 18.4 Å². The van der Waals surface area contributed by atoms with Gasteiger partial charge in [-0.05, 0) is 68.4 Å². The van der Waals surface area contributed by atoms with Crippen LogP contribution in [0.4, 0.5) is 0 Å². The lowest BCUT2D eigenvalue weighted by Gasteiger charge is -2.26. The molecular weight excluding hydrogens is 442 g/mol. The summed E-state index contributed by atoms with van der Waals surface area (Å²) >= 11 is 1.63. The number of thiophene rings is 1. The summed E-state index contributed by atoms with van der Waals surface area (Å²) < 4.78 is 12.7. The average Bonchev–Trinajstić information content (AvgIpc) is 3.29. The van der Waals surface area contributed by atoms with Crippen molar-refractivity contribution in [2.24, 2.45) is 0 Å². The third kappa shape index (κ3) is 4.72. The molecule has 1 saturated heterocycles. The molecule has 5 heteroatoms. The van der Waals surface area contributed by atoms with Crippen LogP contribution in [0.25, 0.3) is 20.5 Å². The Balaban J connectivity index is 1.40. The molecule has 0 unspecified atom stereocenters. The molecule has 0 aliphatic carbocycles. The van der Waals surface area contributed by atoms with Crippen LogP contribution < -0.4 is 9.47 Å². The Kier molecular flexibility index (Phi) is 6.93. The monoisotopic (exact) mass is 471 g/mol. The maximum absolute atomic E-state index is 13.8. The summed E-state index contributed by atoms with van der Waals surface area (Å²) in [5.74, 6) is 1.58. The zero-order valence-corrected chi connectivity index (χ0v) is 20.3. The highest BCUT2D eigenvalue weighted by atomic mass is 32.1. The molecule has 0 N–H and O–H groups in total. The molecule has 1 aliphatic rings. The zero-order valence-electron chi connectivity index (χ0n) is 19.5. The van der Waals surface area contributed by atoms with Crippen LogP contribution in [0.5, 0.6) is 11.5 Å². The number of hydrogen-bond donors (Lipinski definition) is 0. The minimum atomic E-state index is 0.0122. The number of benzene rings is 3. The van der Waals surface area contributed by atoms with E-state index in [-0.39, 0.29) is 5.78 Å². The van der Waals surface area contributed by atoms with Crippen LogP contribution >= 0.6 is 11.3 Å². The van der Waals surface area contributed by atoms with E-state index >= 15 is 0 Å². The predicted octanol–water partition coefficient (Wildman–Crippen LogP) is 6.67. The lowest BCUT2D eigenvalue weighted by molar-refractivity contribution is 0.104. The lowest BCUT2D eigenvalue weighted by Crippen LogP contribution is -2.33. The number of methoxy groups -OCH3 is 1. The Morgan fingerprint density at radius 2 is 1.65 bits per heavy atom. The van der Waals surface area contributed by atoms with Crippen molar-refractivity contribution in [3.8, 4) is 21.9 Å². The second kappa shape index (κ2) is 10.4. The first kappa shape index (κ1) is 22.6. The van der Waals surface area contributed by atoms with E-state index in [9.17, 15) is 4.79 Å². The molecule has 1 aromatic heterocycles. The molecule has 0 saturated carbocycles. The number of hydrogen-bond acceptors (Lipinski definition) is 5. The fourth-order valence-electron chi connectivity index (χ4n) is 4.62. The van der Waals surface area contributed by atoms with Crippen LogP contribution in [0.15, 0.2) is 72.8 Å². The van der Waals surface area contributed by atoms with Crippen LogP contribution in [-0.2, 0) is 0 Å². The molecule has 3 aromatic carbocycles. The van der Waals surface area contributed by atoms with Gasteiger partial charge in [0.05, 0.1) is 12.0 Å². The maximum atomic E-state index is 13.8. The summed E-state index contributed by atoms with van der Waals surface area (Å²) in [6.07, 6.45) is 3.90. The van der Waals surface area contributed by atoms with Gasteiger partial charge in [0, 0.05) is 33.3 Å². The quantitative estimate of drug-likeness (QED) is 0.269. The van der Waals surface area contributed by atoms with Gasteiger partial charge in [-0.25, -0.2) is 0 Å². The Hall–Kier alpha value is -3.15. The maximum Gasteiger partial charge on any atom is 0.195 e. The van der Waals surface area contributed by atoms with E-state index < -0.39 is 0 Å². The number of piperidine rings is 1. The van der Waals surface area contributed by atoms with Gasteiger partial charge >= 0.3 is 0 Å². The molecule has 34 heavy (non-hydrogen) atoms. The first-order chi connectivity index (χ1) is 16.7. The van der Waals surface area contributed by atoms with Crippen molar-refractivity contribution in [2.45, 2.75) is 19.3 Å². The summed E-state index contributed by atoms with van der Waals surface area (Å²) in [4.78, 5) is 17.2. The van der Waals surface area contributed by atoms with E-state index in [0.29, 0.717) is 12.2 Å². The van der Waals surface area contributed by atoms with Gasteiger partial charge in [0.25, 0.3) is 0 Å². The highest BCUT2D eigenvalue weighted by Gasteiger charge is 2.23. The van der Waals surface area contributed by atoms with E-state index in [2.05, 4.69) is 11.0 Å². The number of para-hydroxylation sites is 1. The molecule has 0 radical (unpaired) electrons. The standard InChI is InChI=1S/C29H29NO3S/c1-32-25-11-5-3-9-23(25)29-27(24-10-4-6-12-26(24)34-29)28(31)21-13-15-22(16-14-21)33-20-19-30-17-7-2-8-18-30/h3-6,9-16H,2,7-8,17-20H2,1H3. The van der Waals surface area contributed by atoms with Crippen molar-refractivity contribution in [2.75, 3.05) is 33.4 Å². The number of rotatable bonds is 8. The molecule has 0 bridgehead atoms. The lowest BCUT2D eigenvalue weighted by atomic mass is 9.97. The number of fused-ring (bicyclic) bond motifs is 1. The van der Waals surface area contributed by atoms with Crippen molar-refractivity contribution in [1.29, 1.82) is 0 Å². The number of nitrogens with zero attached hydrogens (tertiary/aromatic N) is 1. The molecule has 4 aromatic rings. The van der Waals surface area contributed by atoms with E-state index in [1.165, 1.54) is 32.4 Å². The van der Waals surface area contributed by atoms with Gasteiger partial charge in [-0.1, -0.05) is 36.8 Å². The van der Waals surface area contributed by atoms with Crippen molar-refractivity contribution in [3.05, 3.63) is 83.9 Å². The highest BCUT2D eigenvalue weighted by molar-refractivity contribution is 7.22. The van der Waals surface area contributed by atoms with Crippen molar-refractivity contribution >= 4 is 27.2 Å². The Morgan fingerprint density at radius 3 is 2.44 bits per heavy atom. The smallest absolute Gasteiger partial charge is 0.195 e. The van der Waals surface area contributed by atoms with Crippen LogP contribution in [0.1, 0.15) is 35.2 Å². The van der Waals surface area contributed by atoms with Gasteiger partial charge in [0.15, 0.2) is 5.78 Å². The first-order valence-electron chi connectivity index (χ1n) is 11.9. The third-order valence-electron chi connectivity index (χ3n) is 6.42. The molecule has 174 valence electrons. The Bertz CT molecular complexity index is 1270. The Morgan fingerprint density at radius 1 is 0.912 bits per heavy atom. The number of carbonyl (C=O) groups excluding carboxylic acids is 1. The molecular formula is C29H29NO3S. The number of ketones is 1. The molecule has 1 fully saturated rings. The second-order valence-electron chi connectivity index (χ2n) is 8.61. The summed E-state index contributed by atoms with van der Waals surface area (Å²) in [5.41, 5.74) is 2.32. The number of carbonyl (C=O) groups is 1. The first-order valence-corrected chi connectivity index (χ1v) is 12.7. The molecule has 0 atom stereocenters. The van der Waals surface area contributed by atoms with Gasteiger partial charge in [0.2, 0.25) is 0 Å². The van der Waals surface area contributed by atoms with Crippen molar-refractivity contribution in [1.82, 2.24) is 4.90 Å². The minimum absolute atomic E-state index is 0.0122. The minimum Gasteiger partial charge on any atom is -0.496 e. The normalized spacial score (nSPS) is 14.3. The second-order valence-corrected chi connectivity index (χ2v) is 9.66. The van der Waals surface area contributed by atoms with Gasteiger partial charge in [-0.3, -0.25) is 9.69 Å². The summed E-state index contributed by atoms with van der Waals surface area (Å²) in [7, 11) is 1.66. The summed E-state index contributed by atoms with van der Waals surface area (Å²) in [5, 5.41) is 0.972. The van der Waals surface area contributed by atoms with E-state index in [4.69, 9.17) is 9.47 Å². The van der Waals surface area contributed by atoms with Gasteiger partial charge in [-0.2, -0.15) is 0 Å². The summed E-state index contributed by atoms with van der Waals surface area (Å²) in [6, 6.07) is 23.5. The molecule has 0 spiro atoms. The van der Waals surface area contributed by atoms with Crippen LogP contribution in [-0.4, -0.2) is 44.0 Å². The average molecular weight is 472 g/mol. The number of likely N-dealkylation sites (tertiary alicyclic amines) is 1. The van der Waals surface area contributed by atoms with Crippen molar-refractivity contribution < 1.29 is 14.3 Å².